The minimum absolute atomic E-state index is 0.482. The summed E-state index contributed by atoms with van der Waals surface area (Å²) >= 11 is 12.6. The molecule has 5 aromatic rings. The molecule has 3 nitrogen and oxygen atoms in total. The number of aryl methyl sites for hydroxylation is 2. The van der Waals surface area contributed by atoms with Crippen LogP contribution >= 0.6 is 23.2 Å². The van der Waals surface area contributed by atoms with Crippen LogP contribution in [0.2, 0.25) is 10.0 Å². The van der Waals surface area contributed by atoms with Crippen molar-refractivity contribution in [3.05, 3.63) is 105 Å². The largest absolute Gasteiger partial charge is 0.291 e. The average molecular weight is 468 g/mol. The molecule has 0 radical (unpaired) electrons. The molecule has 33 heavy (non-hydrogen) atoms. The quantitative estimate of drug-likeness (QED) is 0.268. The minimum atomic E-state index is 0.482. The fourth-order valence-electron chi connectivity index (χ4n) is 4.26. The SMILES string of the molecule is Cc1cc(C)cc(-c2cc(C=Cc3cccc(Cl)c3Cl)c(C#N)c3nc4ccccc4n23)c1. The van der Waals surface area contributed by atoms with Gasteiger partial charge in [0.1, 0.15) is 11.6 Å². The van der Waals surface area contributed by atoms with Crippen LogP contribution in [0.25, 0.3) is 40.1 Å². The number of para-hydroxylation sites is 2. The van der Waals surface area contributed by atoms with Gasteiger partial charge in [-0.05, 0) is 66.9 Å². The van der Waals surface area contributed by atoms with Gasteiger partial charge in [0.15, 0.2) is 5.65 Å². The van der Waals surface area contributed by atoms with Crippen molar-refractivity contribution in [2.45, 2.75) is 13.8 Å². The molecule has 0 atom stereocenters. The van der Waals surface area contributed by atoms with Gasteiger partial charge in [0.2, 0.25) is 0 Å². The first kappa shape index (κ1) is 21.3. The normalized spacial score (nSPS) is 11.5. The number of pyridine rings is 1. The zero-order chi connectivity index (χ0) is 23.1. The first-order valence-electron chi connectivity index (χ1n) is 10.5. The van der Waals surface area contributed by atoms with Gasteiger partial charge in [0.05, 0.1) is 26.8 Å². The molecule has 0 N–H and O–H groups in total. The Labute approximate surface area is 202 Å². The van der Waals surface area contributed by atoms with E-state index in [4.69, 9.17) is 28.2 Å². The highest BCUT2D eigenvalue weighted by Crippen LogP contribution is 2.33. The summed E-state index contributed by atoms with van der Waals surface area (Å²) < 4.78 is 2.08. The summed E-state index contributed by atoms with van der Waals surface area (Å²) in [7, 11) is 0. The van der Waals surface area contributed by atoms with E-state index < -0.39 is 0 Å². The summed E-state index contributed by atoms with van der Waals surface area (Å²) in [5.41, 5.74) is 8.90. The minimum Gasteiger partial charge on any atom is -0.291 e. The first-order chi connectivity index (χ1) is 16.0. The lowest BCUT2D eigenvalue weighted by molar-refractivity contribution is 1.21. The van der Waals surface area contributed by atoms with Crippen LogP contribution in [0.5, 0.6) is 0 Å². The van der Waals surface area contributed by atoms with E-state index in [1.54, 1.807) is 6.07 Å². The van der Waals surface area contributed by atoms with Gasteiger partial charge in [-0.25, -0.2) is 4.98 Å². The van der Waals surface area contributed by atoms with E-state index >= 15 is 0 Å². The molecule has 0 fully saturated rings. The third-order valence-electron chi connectivity index (χ3n) is 5.66. The van der Waals surface area contributed by atoms with Crippen LogP contribution < -0.4 is 0 Å². The van der Waals surface area contributed by atoms with Crippen LogP contribution in [0.4, 0.5) is 0 Å². The van der Waals surface area contributed by atoms with Crippen LogP contribution in [-0.4, -0.2) is 9.38 Å². The number of nitrogens with zero attached hydrogens (tertiary/aromatic N) is 3. The standard InChI is InChI=1S/C28H19Cl2N3/c1-17-12-18(2)14-21(13-17)26-15-20(11-10-19-6-5-7-23(29)27(19)30)22(16-31)28-32-24-8-3-4-9-25(24)33(26)28/h3-15H,1-2H3. The van der Waals surface area contributed by atoms with E-state index in [9.17, 15) is 5.26 Å². The molecule has 0 amide bonds. The number of hydrogen-bond donors (Lipinski definition) is 0. The Kier molecular flexibility index (Phi) is 5.42. The lowest BCUT2D eigenvalue weighted by Gasteiger charge is -2.12. The monoisotopic (exact) mass is 467 g/mol. The van der Waals surface area contributed by atoms with Crippen LogP contribution in [0.1, 0.15) is 27.8 Å². The van der Waals surface area contributed by atoms with Gasteiger partial charge < -0.3 is 0 Å². The molecule has 5 rings (SSSR count). The number of benzene rings is 3. The Morgan fingerprint density at radius 1 is 0.879 bits per heavy atom. The lowest BCUT2D eigenvalue weighted by atomic mass is 10.0. The van der Waals surface area contributed by atoms with Crippen LogP contribution in [0.3, 0.4) is 0 Å². The molecule has 3 aromatic carbocycles. The first-order valence-corrected chi connectivity index (χ1v) is 11.3. The molecule has 0 aliphatic heterocycles. The van der Waals surface area contributed by atoms with Gasteiger partial charge in [-0.2, -0.15) is 5.26 Å². The fourth-order valence-corrected chi connectivity index (χ4v) is 4.63. The predicted octanol–water partition coefficient (Wildman–Crippen LogP) is 8.12. The van der Waals surface area contributed by atoms with Crippen molar-refractivity contribution >= 4 is 52.0 Å². The highest BCUT2D eigenvalue weighted by molar-refractivity contribution is 6.42. The van der Waals surface area contributed by atoms with Crippen molar-refractivity contribution in [2.24, 2.45) is 0 Å². The third kappa shape index (κ3) is 3.78. The molecule has 0 aliphatic carbocycles. The second kappa shape index (κ2) is 8.41. The summed E-state index contributed by atoms with van der Waals surface area (Å²) in [5, 5.41) is 11.1. The summed E-state index contributed by atoms with van der Waals surface area (Å²) in [6.45, 7) is 4.18. The summed E-state index contributed by atoms with van der Waals surface area (Å²) in [6.07, 6.45) is 3.79. The summed E-state index contributed by atoms with van der Waals surface area (Å²) in [5.74, 6) is 0. The molecule has 0 saturated heterocycles. The molecule has 0 spiro atoms. The van der Waals surface area contributed by atoms with E-state index in [1.165, 1.54) is 11.1 Å². The zero-order valence-electron chi connectivity index (χ0n) is 18.1. The lowest BCUT2D eigenvalue weighted by Crippen LogP contribution is -1.99. The van der Waals surface area contributed by atoms with Gasteiger partial charge in [-0.15, -0.1) is 0 Å². The molecule has 2 heterocycles. The van der Waals surface area contributed by atoms with Gasteiger partial charge in [0, 0.05) is 0 Å². The molecule has 160 valence electrons. The average Bonchev–Trinajstić information content (AvgIpc) is 3.18. The van der Waals surface area contributed by atoms with Crippen LogP contribution in [-0.2, 0) is 0 Å². The summed E-state index contributed by atoms with van der Waals surface area (Å²) in [4.78, 5) is 4.82. The zero-order valence-corrected chi connectivity index (χ0v) is 19.6. The van der Waals surface area contributed by atoms with E-state index in [1.807, 2.05) is 54.6 Å². The third-order valence-corrected chi connectivity index (χ3v) is 6.49. The van der Waals surface area contributed by atoms with E-state index in [-0.39, 0.29) is 0 Å². The number of aromatic nitrogens is 2. The van der Waals surface area contributed by atoms with E-state index in [0.717, 1.165) is 33.4 Å². The second-order valence-electron chi connectivity index (χ2n) is 8.08. The van der Waals surface area contributed by atoms with Crippen molar-refractivity contribution in [2.75, 3.05) is 0 Å². The number of fused-ring (bicyclic) bond motifs is 3. The fraction of sp³-hybridized carbons (Fsp3) is 0.0714. The molecule has 0 saturated carbocycles. The highest BCUT2D eigenvalue weighted by atomic mass is 35.5. The van der Waals surface area contributed by atoms with Crippen molar-refractivity contribution in [1.82, 2.24) is 9.38 Å². The maximum absolute atomic E-state index is 10.1. The highest BCUT2D eigenvalue weighted by Gasteiger charge is 2.17. The Hall–Kier alpha value is -3.58. The number of rotatable bonds is 3. The molecule has 0 aliphatic rings. The number of halogens is 2. The van der Waals surface area contributed by atoms with Gasteiger partial charge >= 0.3 is 0 Å². The van der Waals surface area contributed by atoms with Crippen molar-refractivity contribution in [3.8, 4) is 17.3 Å². The maximum atomic E-state index is 10.1. The molecule has 0 bridgehead atoms. The molecular weight excluding hydrogens is 449 g/mol. The topological polar surface area (TPSA) is 41.1 Å². The number of hydrogen-bond acceptors (Lipinski definition) is 2. The Bertz CT molecular complexity index is 1600. The smallest absolute Gasteiger partial charge is 0.157 e. The van der Waals surface area contributed by atoms with Crippen LogP contribution in [0.15, 0.2) is 66.7 Å². The Morgan fingerprint density at radius 2 is 1.61 bits per heavy atom. The van der Waals surface area contributed by atoms with Gasteiger partial charge in [-0.3, -0.25) is 4.40 Å². The van der Waals surface area contributed by atoms with Crippen LogP contribution in [0, 0.1) is 25.2 Å². The number of nitriles is 1. The van der Waals surface area contributed by atoms with Crippen molar-refractivity contribution in [1.29, 1.82) is 5.26 Å². The molecule has 0 unspecified atom stereocenters. The molecular formula is C28H19Cl2N3. The second-order valence-corrected chi connectivity index (χ2v) is 8.87. The van der Waals surface area contributed by atoms with Crippen molar-refractivity contribution in [3.63, 3.8) is 0 Å². The van der Waals surface area contributed by atoms with Crippen molar-refractivity contribution < 1.29 is 0 Å². The Morgan fingerprint density at radius 3 is 2.36 bits per heavy atom. The summed E-state index contributed by atoms with van der Waals surface area (Å²) in [6, 6.07) is 24.3. The molecule has 5 heteroatoms. The predicted molar refractivity (Wildman–Crippen MR) is 138 cm³/mol. The molecule has 2 aromatic heterocycles. The number of imidazole rings is 1. The maximum Gasteiger partial charge on any atom is 0.157 e. The van der Waals surface area contributed by atoms with Gasteiger partial charge in [-0.1, -0.05) is 76.8 Å². The Balaban J connectivity index is 1.84. The van der Waals surface area contributed by atoms with E-state index in [0.29, 0.717) is 21.3 Å². The van der Waals surface area contributed by atoms with Gasteiger partial charge in [0.25, 0.3) is 0 Å². The van der Waals surface area contributed by atoms with E-state index in [2.05, 4.69) is 42.5 Å².